The number of hydrogen-bond acceptors (Lipinski definition) is 4. The predicted molar refractivity (Wildman–Crippen MR) is 63.5 cm³/mol. The molecule has 16 heavy (non-hydrogen) atoms. The maximum atomic E-state index is 9.61. The molecule has 94 valence electrons. The third-order valence-corrected chi connectivity index (χ3v) is 3.61. The summed E-state index contributed by atoms with van der Waals surface area (Å²) in [6.07, 6.45) is 2.28. The molecule has 0 aromatic heterocycles. The molecule has 4 heteroatoms. The summed E-state index contributed by atoms with van der Waals surface area (Å²) < 4.78 is 5.78. The second kappa shape index (κ2) is 5.96. The van der Waals surface area contributed by atoms with Crippen LogP contribution in [0.1, 0.15) is 19.8 Å². The summed E-state index contributed by atoms with van der Waals surface area (Å²) in [5.41, 5.74) is 0. The van der Waals surface area contributed by atoms with Crippen molar-refractivity contribution in [1.82, 2.24) is 9.80 Å². The lowest BCUT2D eigenvalue weighted by Crippen LogP contribution is -2.49. The molecule has 1 N–H and O–H groups in total. The molecule has 2 aliphatic heterocycles. The van der Waals surface area contributed by atoms with Gasteiger partial charge in [-0.2, -0.15) is 0 Å². The highest BCUT2D eigenvalue weighted by Gasteiger charge is 2.24. The summed E-state index contributed by atoms with van der Waals surface area (Å²) in [6, 6.07) is 0. The number of hydrogen-bond donors (Lipinski definition) is 1. The van der Waals surface area contributed by atoms with E-state index < -0.39 is 0 Å². The van der Waals surface area contributed by atoms with E-state index in [1.807, 2.05) is 0 Å². The minimum absolute atomic E-state index is 0.125. The van der Waals surface area contributed by atoms with Crippen molar-refractivity contribution in [1.29, 1.82) is 0 Å². The van der Waals surface area contributed by atoms with Gasteiger partial charge in [-0.1, -0.05) is 6.92 Å². The highest BCUT2D eigenvalue weighted by atomic mass is 16.5. The molecule has 0 aromatic carbocycles. The highest BCUT2D eigenvalue weighted by Crippen LogP contribution is 2.13. The van der Waals surface area contributed by atoms with Crippen molar-refractivity contribution in [3.8, 4) is 0 Å². The van der Waals surface area contributed by atoms with E-state index in [0.29, 0.717) is 6.10 Å². The average Bonchev–Trinajstić information content (AvgIpc) is 2.29. The fourth-order valence-electron chi connectivity index (χ4n) is 2.66. The number of β-amino-alcohol motifs (C(OH)–C–C–N with tert-alkyl or cyclic N) is 1. The van der Waals surface area contributed by atoms with Crippen LogP contribution in [0.25, 0.3) is 0 Å². The van der Waals surface area contributed by atoms with Crippen LogP contribution in [-0.4, -0.2) is 73.0 Å². The Labute approximate surface area is 98.2 Å². The van der Waals surface area contributed by atoms with E-state index >= 15 is 0 Å². The van der Waals surface area contributed by atoms with Gasteiger partial charge in [0.15, 0.2) is 0 Å². The van der Waals surface area contributed by atoms with Crippen molar-refractivity contribution >= 4 is 0 Å². The molecule has 2 saturated heterocycles. The fraction of sp³-hybridized carbons (Fsp3) is 1.00. The Kier molecular flexibility index (Phi) is 4.58. The van der Waals surface area contributed by atoms with Gasteiger partial charge < -0.3 is 9.84 Å². The second-order valence-corrected chi connectivity index (χ2v) is 4.94. The highest BCUT2D eigenvalue weighted by molar-refractivity contribution is 4.78. The molecule has 0 aliphatic carbocycles. The molecule has 0 radical (unpaired) electrons. The van der Waals surface area contributed by atoms with Crippen LogP contribution in [-0.2, 0) is 4.74 Å². The smallest absolute Gasteiger partial charge is 0.0829 e. The molecule has 2 heterocycles. The van der Waals surface area contributed by atoms with Crippen molar-refractivity contribution in [2.75, 3.05) is 45.9 Å². The van der Waals surface area contributed by atoms with Crippen LogP contribution in [0.3, 0.4) is 0 Å². The average molecular weight is 228 g/mol. The van der Waals surface area contributed by atoms with E-state index in [1.165, 1.54) is 0 Å². The fourth-order valence-corrected chi connectivity index (χ4v) is 2.66. The lowest BCUT2D eigenvalue weighted by atomic mass is 10.1. The first-order valence-electron chi connectivity index (χ1n) is 6.52. The molecule has 2 unspecified atom stereocenters. The Balaban J connectivity index is 1.75. The standard InChI is InChI=1S/C12H24N2O2/c1-2-13-6-7-16-12(9-13)10-14-5-3-4-11(15)8-14/h11-12,15H,2-10H2,1H3. The Bertz CT molecular complexity index is 213. The molecule has 0 bridgehead atoms. The number of aliphatic hydroxyl groups excluding tert-OH is 1. The summed E-state index contributed by atoms with van der Waals surface area (Å²) in [7, 11) is 0. The van der Waals surface area contributed by atoms with E-state index in [9.17, 15) is 5.11 Å². The Morgan fingerprint density at radius 1 is 1.25 bits per heavy atom. The van der Waals surface area contributed by atoms with Gasteiger partial charge in [-0.25, -0.2) is 0 Å². The molecule has 0 aromatic rings. The quantitative estimate of drug-likeness (QED) is 0.747. The normalized spacial score (nSPS) is 34.1. The maximum absolute atomic E-state index is 9.61. The zero-order valence-electron chi connectivity index (χ0n) is 10.3. The van der Waals surface area contributed by atoms with Gasteiger partial charge in [0, 0.05) is 26.2 Å². The minimum atomic E-state index is -0.125. The molecule has 2 aliphatic rings. The zero-order chi connectivity index (χ0) is 11.4. The molecular weight excluding hydrogens is 204 g/mol. The van der Waals surface area contributed by atoms with Gasteiger partial charge in [0.1, 0.15) is 0 Å². The number of ether oxygens (including phenoxy) is 1. The molecule has 4 nitrogen and oxygen atoms in total. The SMILES string of the molecule is CCN1CCOC(CN2CCCC(O)C2)C1. The topological polar surface area (TPSA) is 35.9 Å². The van der Waals surface area contributed by atoms with Crippen LogP contribution in [0.4, 0.5) is 0 Å². The van der Waals surface area contributed by atoms with Gasteiger partial charge in [-0.3, -0.25) is 9.80 Å². The Hall–Kier alpha value is -0.160. The van der Waals surface area contributed by atoms with Crippen LogP contribution in [0.2, 0.25) is 0 Å². The first-order valence-corrected chi connectivity index (χ1v) is 6.52. The van der Waals surface area contributed by atoms with Crippen LogP contribution < -0.4 is 0 Å². The van der Waals surface area contributed by atoms with Crippen molar-refractivity contribution in [2.24, 2.45) is 0 Å². The number of rotatable bonds is 3. The first-order chi connectivity index (χ1) is 7.78. The minimum Gasteiger partial charge on any atom is -0.392 e. The lowest BCUT2D eigenvalue weighted by Gasteiger charge is -2.37. The maximum Gasteiger partial charge on any atom is 0.0829 e. The number of morpholine rings is 1. The molecule has 2 atom stereocenters. The van der Waals surface area contributed by atoms with Crippen molar-refractivity contribution in [3.05, 3.63) is 0 Å². The number of likely N-dealkylation sites (N-methyl/N-ethyl adjacent to an activating group) is 1. The van der Waals surface area contributed by atoms with Gasteiger partial charge in [0.05, 0.1) is 18.8 Å². The zero-order valence-corrected chi connectivity index (χ0v) is 10.3. The summed E-state index contributed by atoms with van der Waals surface area (Å²) in [5.74, 6) is 0. The first kappa shape index (κ1) is 12.3. The molecule has 0 saturated carbocycles. The van der Waals surface area contributed by atoms with Gasteiger partial charge in [-0.15, -0.1) is 0 Å². The summed E-state index contributed by atoms with van der Waals surface area (Å²) in [5, 5.41) is 9.61. The van der Waals surface area contributed by atoms with Crippen molar-refractivity contribution < 1.29 is 9.84 Å². The predicted octanol–water partition coefficient (Wildman–Crippen LogP) is 0.164. The van der Waals surface area contributed by atoms with E-state index in [0.717, 1.165) is 58.7 Å². The second-order valence-electron chi connectivity index (χ2n) is 4.94. The van der Waals surface area contributed by atoms with Gasteiger partial charge in [-0.05, 0) is 25.9 Å². The van der Waals surface area contributed by atoms with Crippen LogP contribution in [0.15, 0.2) is 0 Å². The summed E-state index contributed by atoms with van der Waals surface area (Å²) in [4.78, 5) is 4.78. The summed E-state index contributed by atoms with van der Waals surface area (Å²) >= 11 is 0. The van der Waals surface area contributed by atoms with E-state index in [-0.39, 0.29) is 6.10 Å². The Morgan fingerprint density at radius 3 is 2.88 bits per heavy atom. The number of nitrogens with zero attached hydrogens (tertiary/aromatic N) is 2. The van der Waals surface area contributed by atoms with E-state index in [4.69, 9.17) is 4.74 Å². The van der Waals surface area contributed by atoms with Crippen molar-refractivity contribution in [3.63, 3.8) is 0 Å². The molecule has 2 fully saturated rings. The van der Waals surface area contributed by atoms with E-state index in [2.05, 4.69) is 16.7 Å². The molecule has 0 spiro atoms. The number of aliphatic hydroxyl groups is 1. The van der Waals surface area contributed by atoms with Gasteiger partial charge in [0.2, 0.25) is 0 Å². The number of likely N-dealkylation sites (tertiary alicyclic amines) is 1. The van der Waals surface area contributed by atoms with Crippen LogP contribution >= 0.6 is 0 Å². The van der Waals surface area contributed by atoms with Gasteiger partial charge in [0.25, 0.3) is 0 Å². The molecular formula is C12H24N2O2. The van der Waals surface area contributed by atoms with E-state index in [1.54, 1.807) is 0 Å². The monoisotopic (exact) mass is 228 g/mol. The molecule has 0 amide bonds. The van der Waals surface area contributed by atoms with Gasteiger partial charge >= 0.3 is 0 Å². The third-order valence-electron chi connectivity index (χ3n) is 3.61. The van der Waals surface area contributed by atoms with Crippen LogP contribution in [0, 0.1) is 0 Å². The third kappa shape index (κ3) is 3.42. The Morgan fingerprint density at radius 2 is 2.12 bits per heavy atom. The van der Waals surface area contributed by atoms with Crippen molar-refractivity contribution in [2.45, 2.75) is 32.0 Å². The summed E-state index contributed by atoms with van der Waals surface area (Å²) in [6.45, 7) is 9.20. The van der Waals surface area contributed by atoms with Crippen LogP contribution in [0.5, 0.6) is 0 Å². The molecule has 2 rings (SSSR count). The largest absolute Gasteiger partial charge is 0.392 e. The lowest BCUT2D eigenvalue weighted by molar-refractivity contribution is -0.0510. The number of piperidine rings is 1.